The van der Waals surface area contributed by atoms with Crippen molar-refractivity contribution < 1.29 is 0 Å². The van der Waals surface area contributed by atoms with Crippen molar-refractivity contribution in [1.82, 2.24) is 10.2 Å². The van der Waals surface area contributed by atoms with Crippen molar-refractivity contribution in [3.8, 4) is 0 Å². The van der Waals surface area contributed by atoms with E-state index >= 15 is 0 Å². The fourth-order valence-corrected chi connectivity index (χ4v) is 3.15. The highest BCUT2D eigenvalue weighted by molar-refractivity contribution is 4.98. The Morgan fingerprint density at radius 3 is 2.62 bits per heavy atom. The van der Waals surface area contributed by atoms with E-state index in [2.05, 4.69) is 10.2 Å². The smallest absolute Gasteiger partial charge is 0.0252 e. The molecule has 0 aromatic rings. The van der Waals surface area contributed by atoms with Gasteiger partial charge in [-0.15, -0.1) is 0 Å². The van der Waals surface area contributed by atoms with E-state index in [0.29, 0.717) is 0 Å². The van der Waals surface area contributed by atoms with Gasteiger partial charge in [0.1, 0.15) is 0 Å². The molecule has 2 heterocycles. The van der Waals surface area contributed by atoms with E-state index in [4.69, 9.17) is 0 Å². The minimum atomic E-state index is 0.836. The van der Waals surface area contributed by atoms with Crippen molar-refractivity contribution in [2.24, 2.45) is 0 Å². The largest absolute Gasteiger partial charge is 0.312 e. The van der Waals surface area contributed by atoms with Crippen molar-refractivity contribution in [3.05, 3.63) is 0 Å². The summed E-state index contributed by atoms with van der Waals surface area (Å²) in [5, 5.41) is 3.67. The zero-order valence-corrected chi connectivity index (χ0v) is 8.34. The van der Waals surface area contributed by atoms with Crippen LogP contribution in [0.25, 0.3) is 0 Å². The third-order valence-corrected chi connectivity index (χ3v) is 3.92. The van der Waals surface area contributed by atoms with E-state index in [-0.39, 0.29) is 0 Å². The van der Waals surface area contributed by atoms with E-state index in [1.165, 1.54) is 51.6 Å². The van der Waals surface area contributed by atoms with Crippen molar-refractivity contribution in [1.29, 1.82) is 0 Å². The minimum absolute atomic E-state index is 0.836. The molecule has 0 radical (unpaired) electrons. The maximum Gasteiger partial charge on any atom is 0.0252 e. The standard InChI is InChI=1S/C11H20N2/c1-3-10(12-7-1)11-4-2-8-13(11)9-5-6-9/h9-12H,1-8H2. The number of hydrogen-bond acceptors (Lipinski definition) is 2. The second kappa shape index (κ2) is 3.25. The van der Waals surface area contributed by atoms with E-state index in [9.17, 15) is 0 Å². The molecular weight excluding hydrogens is 160 g/mol. The third kappa shape index (κ3) is 1.50. The Kier molecular flexibility index (Phi) is 2.06. The van der Waals surface area contributed by atoms with Crippen molar-refractivity contribution in [2.75, 3.05) is 13.1 Å². The minimum Gasteiger partial charge on any atom is -0.312 e. The normalized spacial score (nSPS) is 41.5. The molecular formula is C11H20N2. The van der Waals surface area contributed by atoms with Gasteiger partial charge in [-0.3, -0.25) is 4.90 Å². The van der Waals surface area contributed by atoms with Crippen LogP contribution in [-0.2, 0) is 0 Å². The summed E-state index contributed by atoms with van der Waals surface area (Å²) < 4.78 is 0. The fourth-order valence-electron chi connectivity index (χ4n) is 3.15. The molecule has 0 spiro atoms. The summed E-state index contributed by atoms with van der Waals surface area (Å²) in [6.45, 7) is 2.65. The molecule has 2 atom stereocenters. The molecule has 0 aromatic carbocycles. The van der Waals surface area contributed by atoms with Crippen molar-refractivity contribution in [3.63, 3.8) is 0 Å². The van der Waals surface area contributed by atoms with Gasteiger partial charge in [0.05, 0.1) is 0 Å². The molecule has 3 aliphatic rings. The topological polar surface area (TPSA) is 15.3 Å². The molecule has 0 aromatic heterocycles. The maximum absolute atomic E-state index is 3.67. The van der Waals surface area contributed by atoms with Crippen LogP contribution in [0, 0.1) is 0 Å². The van der Waals surface area contributed by atoms with Gasteiger partial charge in [0.2, 0.25) is 0 Å². The van der Waals surface area contributed by atoms with Crippen LogP contribution < -0.4 is 5.32 Å². The van der Waals surface area contributed by atoms with E-state index in [0.717, 1.165) is 18.1 Å². The molecule has 0 bridgehead atoms. The summed E-state index contributed by atoms with van der Waals surface area (Å²) in [5.41, 5.74) is 0. The van der Waals surface area contributed by atoms with Gasteiger partial charge in [-0.25, -0.2) is 0 Å². The van der Waals surface area contributed by atoms with Gasteiger partial charge in [-0.1, -0.05) is 0 Å². The van der Waals surface area contributed by atoms with Gasteiger partial charge in [0, 0.05) is 18.1 Å². The molecule has 2 aliphatic heterocycles. The number of likely N-dealkylation sites (tertiary alicyclic amines) is 1. The second-order valence-corrected chi connectivity index (χ2v) is 4.88. The lowest BCUT2D eigenvalue weighted by atomic mass is 10.0. The Hall–Kier alpha value is -0.0800. The van der Waals surface area contributed by atoms with Gasteiger partial charge in [0.15, 0.2) is 0 Å². The second-order valence-electron chi connectivity index (χ2n) is 4.88. The molecule has 1 N–H and O–H groups in total. The van der Waals surface area contributed by atoms with Gasteiger partial charge in [-0.05, 0) is 51.6 Å². The van der Waals surface area contributed by atoms with Gasteiger partial charge >= 0.3 is 0 Å². The molecule has 2 unspecified atom stereocenters. The molecule has 13 heavy (non-hydrogen) atoms. The van der Waals surface area contributed by atoms with Crippen LogP contribution in [0.15, 0.2) is 0 Å². The number of nitrogens with zero attached hydrogens (tertiary/aromatic N) is 1. The van der Waals surface area contributed by atoms with Crippen LogP contribution in [0.2, 0.25) is 0 Å². The number of hydrogen-bond donors (Lipinski definition) is 1. The molecule has 0 amide bonds. The van der Waals surface area contributed by atoms with Crippen LogP contribution in [0.5, 0.6) is 0 Å². The zero-order chi connectivity index (χ0) is 8.67. The molecule has 1 saturated carbocycles. The van der Waals surface area contributed by atoms with Crippen molar-refractivity contribution in [2.45, 2.75) is 56.7 Å². The van der Waals surface area contributed by atoms with Crippen LogP contribution in [0.1, 0.15) is 38.5 Å². The van der Waals surface area contributed by atoms with Crippen molar-refractivity contribution >= 4 is 0 Å². The summed E-state index contributed by atoms with van der Waals surface area (Å²) >= 11 is 0. The first-order valence-corrected chi connectivity index (χ1v) is 5.94. The first kappa shape index (κ1) is 8.25. The molecule has 3 rings (SSSR count). The number of rotatable bonds is 2. The highest BCUT2D eigenvalue weighted by atomic mass is 15.3. The SMILES string of the molecule is C1CNC(C2CCCN2C2CC2)C1. The lowest BCUT2D eigenvalue weighted by Crippen LogP contribution is -2.44. The van der Waals surface area contributed by atoms with Crippen LogP contribution in [0.3, 0.4) is 0 Å². The predicted octanol–water partition coefficient (Wildman–Crippen LogP) is 1.37. The number of nitrogens with one attached hydrogen (secondary N) is 1. The molecule has 1 aliphatic carbocycles. The Labute approximate surface area is 80.7 Å². The molecule has 74 valence electrons. The summed E-state index contributed by atoms with van der Waals surface area (Å²) in [6.07, 6.45) is 8.67. The molecule has 2 saturated heterocycles. The zero-order valence-electron chi connectivity index (χ0n) is 8.34. The molecule has 3 fully saturated rings. The first-order valence-electron chi connectivity index (χ1n) is 5.94. The maximum atomic E-state index is 3.67. The lowest BCUT2D eigenvalue weighted by molar-refractivity contribution is 0.205. The Morgan fingerprint density at radius 2 is 1.92 bits per heavy atom. The summed E-state index contributed by atoms with van der Waals surface area (Å²) in [6, 6.07) is 2.72. The van der Waals surface area contributed by atoms with Gasteiger partial charge in [-0.2, -0.15) is 0 Å². The van der Waals surface area contributed by atoms with E-state index in [1.54, 1.807) is 0 Å². The van der Waals surface area contributed by atoms with Gasteiger partial charge in [0.25, 0.3) is 0 Å². The quantitative estimate of drug-likeness (QED) is 0.690. The molecule has 2 nitrogen and oxygen atoms in total. The van der Waals surface area contributed by atoms with Crippen LogP contribution in [-0.4, -0.2) is 36.1 Å². The predicted molar refractivity (Wildman–Crippen MR) is 53.8 cm³/mol. The monoisotopic (exact) mass is 180 g/mol. The highest BCUT2D eigenvalue weighted by Gasteiger charge is 2.40. The van der Waals surface area contributed by atoms with E-state index < -0.39 is 0 Å². The summed E-state index contributed by atoms with van der Waals surface area (Å²) in [4.78, 5) is 2.79. The highest BCUT2D eigenvalue weighted by Crippen LogP contribution is 2.35. The van der Waals surface area contributed by atoms with Gasteiger partial charge < -0.3 is 5.32 Å². The average molecular weight is 180 g/mol. The summed E-state index contributed by atoms with van der Waals surface area (Å²) in [7, 11) is 0. The summed E-state index contributed by atoms with van der Waals surface area (Å²) in [5.74, 6) is 0. The Morgan fingerprint density at radius 1 is 1.00 bits per heavy atom. The third-order valence-electron chi connectivity index (χ3n) is 3.92. The van der Waals surface area contributed by atoms with Crippen LogP contribution >= 0.6 is 0 Å². The Balaban J connectivity index is 1.66. The first-order chi connectivity index (χ1) is 6.45. The lowest BCUT2D eigenvalue weighted by Gasteiger charge is -2.29. The van der Waals surface area contributed by atoms with Crippen LogP contribution in [0.4, 0.5) is 0 Å². The van der Waals surface area contributed by atoms with E-state index in [1.807, 2.05) is 0 Å². The molecule has 2 heteroatoms. The fraction of sp³-hybridized carbons (Fsp3) is 1.00. The Bertz CT molecular complexity index is 183. The average Bonchev–Trinajstić information content (AvgIpc) is 2.72.